The molecule has 1 atom stereocenters. The monoisotopic (exact) mass is 406 g/mol. The van der Waals surface area contributed by atoms with Gasteiger partial charge in [-0.2, -0.15) is 0 Å². The van der Waals surface area contributed by atoms with Gasteiger partial charge in [0.15, 0.2) is 11.5 Å². The molecule has 0 fully saturated rings. The number of hydrogen-bond acceptors (Lipinski definition) is 5. The molecule has 0 spiro atoms. The number of hydrogen-bond donors (Lipinski definition) is 2. The van der Waals surface area contributed by atoms with E-state index in [4.69, 9.17) is 21.1 Å². The second-order valence-electron chi connectivity index (χ2n) is 6.67. The van der Waals surface area contributed by atoms with E-state index in [1.54, 1.807) is 7.11 Å². The van der Waals surface area contributed by atoms with E-state index >= 15 is 0 Å². The van der Waals surface area contributed by atoms with E-state index in [9.17, 15) is 5.11 Å². The smallest absolute Gasteiger partial charge is 0.161 e. The number of halogens is 1. The molecule has 0 amide bonds. The number of methoxy groups -OCH3 is 1. The number of aliphatic hydroxyl groups excluding tert-OH is 1. The summed E-state index contributed by atoms with van der Waals surface area (Å²) in [7, 11) is 1.62. The topological polar surface area (TPSA) is 54.0 Å². The molecule has 28 heavy (non-hydrogen) atoms. The van der Waals surface area contributed by atoms with Crippen molar-refractivity contribution in [1.29, 1.82) is 0 Å². The number of nitrogens with zero attached hydrogens (tertiary/aromatic N) is 1. The van der Waals surface area contributed by atoms with Crippen molar-refractivity contribution in [2.75, 3.05) is 33.4 Å². The minimum Gasteiger partial charge on any atom is -0.493 e. The average Bonchev–Trinajstić information content (AvgIpc) is 2.70. The minimum absolute atomic E-state index is 0.235. The summed E-state index contributed by atoms with van der Waals surface area (Å²) in [4.78, 5) is 2.17. The second-order valence-corrected chi connectivity index (χ2v) is 7.11. The predicted octanol–water partition coefficient (Wildman–Crippen LogP) is 3.72. The number of ether oxygens (including phenoxy) is 2. The largest absolute Gasteiger partial charge is 0.493 e. The van der Waals surface area contributed by atoms with Gasteiger partial charge in [-0.15, -0.1) is 0 Å². The molecular weight excluding hydrogens is 376 g/mol. The molecule has 154 valence electrons. The standard InChI is InChI=1S/C22H31ClN2O3/c1-4-25(5-2)15-20(26)16-28-21-10-9-18(12-22(21)27-3)14-24-13-17-7-6-8-19(23)11-17/h6-12,20,24,26H,4-5,13-16H2,1-3H3. The Hall–Kier alpha value is -1.79. The molecule has 1 unspecified atom stereocenters. The highest BCUT2D eigenvalue weighted by Crippen LogP contribution is 2.28. The van der Waals surface area contributed by atoms with Crippen LogP contribution in [0.25, 0.3) is 0 Å². The number of nitrogens with one attached hydrogen (secondary N) is 1. The molecule has 0 bridgehead atoms. The van der Waals surface area contributed by atoms with Crippen molar-refractivity contribution < 1.29 is 14.6 Å². The fraction of sp³-hybridized carbons (Fsp3) is 0.455. The maximum absolute atomic E-state index is 10.2. The lowest BCUT2D eigenvalue weighted by Crippen LogP contribution is -2.35. The summed E-state index contributed by atoms with van der Waals surface area (Å²) in [6.45, 7) is 8.26. The van der Waals surface area contributed by atoms with Gasteiger partial charge in [0.2, 0.25) is 0 Å². The molecule has 2 rings (SSSR count). The summed E-state index contributed by atoms with van der Waals surface area (Å²) >= 11 is 6.02. The van der Waals surface area contributed by atoms with Crippen LogP contribution in [0.5, 0.6) is 11.5 Å². The molecule has 0 radical (unpaired) electrons. The molecule has 0 aliphatic rings. The molecule has 2 aromatic carbocycles. The van der Waals surface area contributed by atoms with Crippen LogP contribution in [-0.2, 0) is 13.1 Å². The van der Waals surface area contributed by atoms with Gasteiger partial charge in [0, 0.05) is 24.7 Å². The summed E-state index contributed by atoms with van der Waals surface area (Å²) in [5, 5.41) is 14.3. The molecular formula is C22H31ClN2O3. The molecule has 5 nitrogen and oxygen atoms in total. The van der Waals surface area contributed by atoms with Crippen LogP contribution in [0.1, 0.15) is 25.0 Å². The van der Waals surface area contributed by atoms with Crippen LogP contribution in [0.2, 0.25) is 5.02 Å². The SMILES string of the molecule is CCN(CC)CC(O)COc1ccc(CNCc2cccc(Cl)c2)cc1OC. The second kappa shape index (κ2) is 11.9. The summed E-state index contributed by atoms with van der Waals surface area (Å²) in [6, 6.07) is 13.7. The molecule has 0 saturated carbocycles. The van der Waals surface area contributed by atoms with Gasteiger partial charge in [-0.05, 0) is 48.5 Å². The quantitative estimate of drug-likeness (QED) is 0.562. The third-order valence-electron chi connectivity index (χ3n) is 4.57. The lowest BCUT2D eigenvalue weighted by molar-refractivity contribution is 0.0705. The molecule has 0 aromatic heterocycles. The van der Waals surface area contributed by atoms with Crippen molar-refractivity contribution in [3.8, 4) is 11.5 Å². The first-order valence-corrected chi connectivity index (χ1v) is 10.1. The average molecular weight is 407 g/mol. The molecule has 0 saturated heterocycles. The zero-order chi connectivity index (χ0) is 20.4. The molecule has 0 heterocycles. The third kappa shape index (κ3) is 7.32. The summed E-state index contributed by atoms with van der Waals surface area (Å²) in [6.07, 6.45) is -0.538. The van der Waals surface area contributed by atoms with Gasteiger partial charge < -0.3 is 24.8 Å². The van der Waals surface area contributed by atoms with Crippen LogP contribution < -0.4 is 14.8 Å². The van der Waals surface area contributed by atoms with Crippen molar-refractivity contribution in [2.24, 2.45) is 0 Å². The number of rotatable bonds is 12. The Labute approximate surface area is 173 Å². The van der Waals surface area contributed by atoms with Crippen molar-refractivity contribution in [3.63, 3.8) is 0 Å². The van der Waals surface area contributed by atoms with E-state index in [2.05, 4.69) is 24.1 Å². The first-order chi connectivity index (χ1) is 13.5. The van der Waals surface area contributed by atoms with Crippen LogP contribution in [-0.4, -0.2) is 49.5 Å². The summed E-state index contributed by atoms with van der Waals surface area (Å²) in [5.74, 6) is 1.30. The van der Waals surface area contributed by atoms with Gasteiger partial charge in [-0.1, -0.05) is 43.6 Å². The summed E-state index contributed by atoms with van der Waals surface area (Å²) < 4.78 is 11.2. The number of aliphatic hydroxyl groups is 1. The maximum Gasteiger partial charge on any atom is 0.161 e. The lowest BCUT2D eigenvalue weighted by Gasteiger charge is -2.22. The van der Waals surface area contributed by atoms with Crippen LogP contribution in [0, 0.1) is 0 Å². The van der Waals surface area contributed by atoms with E-state index < -0.39 is 6.10 Å². The van der Waals surface area contributed by atoms with E-state index in [0.29, 0.717) is 24.6 Å². The maximum atomic E-state index is 10.2. The zero-order valence-electron chi connectivity index (χ0n) is 17.0. The Morgan fingerprint density at radius 2 is 1.75 bits per heavy atom. The van der Waals surface area contributed by atoms with Crippen LogP contribution >= 0.6 is 11.6 Å². The highest BCUT2D eigenvalue weighted by molar-refractivity contribution is 6.30. The van der Waals surface area contributed by atoms with Gasteiger partial charge in [0.1, 0.15) is 12.7 Å². The first-order valence-electron chi connectivity index (χ1n) is 9.71. The van der Waals surface area contributed by atoms with E-state index in [1.807, 2.05) is 42.5 Å². The summed E-state index contributed by atoms with van der Waals surface area (Å²) in [5.41, 5.74) is 2.23. The predicted molar refractivity (Wildman–Crippen MR) is 114 cm³/mol. The lowest BCUT2D eigenvalue weighted by atomic mass is 10.2. The van der Waals surface area contributed by atoms with Crippen molar-refractivity contribution in [1.82, 2.24) is 10.2 Å². The van der Waals surface area contributed by atoms with Gasteiger partial charge in [-0.25, -0.2) is 0 Å². The Balaban J connectivity index is 1.86. The van der Waals surface area contributed by atoms with Crippen LogP contribution in [0.4, 0.5) is 0 Å². The Bertz CT molecular complexity index is 723. The van der Waals surface area contributed by atoms with Gasteiger partial charge in [-0.3, -0.25) is 0 Å². The van der Waals surface area contributed by atoms with Gasteiger partial charge in [0.25, 0.3) is 0 Å². The highest BCUT2D eigenvalue weighted by Gasteiger charge is 2.12. The molecule has 2 aromatic rings. The molecule has 0 aliphatic carbocycles. The van der Waals surface area contributed by atoms with Gasteiger partial charge >= 0.3 is 0 Å². The van der Waals surface area contributed by atoms with Crippen molar-refractivity contribution in [3.05, 3.63) is 58.6 Å². The zero-order valence-corrected chi connectivity index (χ0v) is 17.7. The van der Waals surface area contributed by atoms with Gasteiger partial charge in [0.05, 0.1) is 7.11 Å². The number of likely N-dealkylation sites (N-methyl/N-ethyl adjacent to an activating group) is 1. The normalized spacial score (nSPS) is 12.2. The van der Waals surface area contributed by atoms with Crippen LogP contribution in [0.15, 0.2) is 42.5 Å². The van der Waals surface area contributed by atoms with Crippen molar-refractivity contribution in [2.45, 2.75) is 33.0 Å². The van der Waals surface area contributed by atoms with E-state index in [0.717, 1.165) is 35.8 Å². The molecule has 6 heteroatoms. The minimum atomic E-state index is -0.538. The van der Waals surface area contributed by atoms with E-state index in [-0.39, 0.29) is 6.61 Å². The Morgan fingerprint density at radius 1 is 1.04 bits per heavy atom. The van der Waals surface area contributed by atoms with Crippen molar-refractivity contribution >= 4 is 11.6 Å². The Kier molecular flexibility index (Phi) is 9.58. The first kappa shape index (κ1) is 22.5. The fourth-order valence-corrected chi connectivity index (χ4v) is 3.17. The Morgan fingerprint density at radius 3 is 2.39 bits per heavy atom. The fourth-order valence-electron chi connectivity index (χ4n) is 2.96. The van der Waals surface area contributed by atoms with Crippen LogP contribution in [0.3, 0.4) is 0 Å². The molecule has 0 aliphatic heterocycles. The highest BCUT2D eigenvalue weighted by atomic mass is 35.5. The number of benzene rings is 2. The van der Waals surface area contributed by atoms with E-state index in [1.165, 1.54) is 0 Å². The third-order valence-corrected chi connectivity index (χ3v) is 4.81. The molecule has 2 N–H and O–H groups in total.